The average molecular weight is 394 g/mol. The van der Waals surface area contributed by atoms with E-state index in [1.54, 1.807) is 60.0 Å². The van der Waals surface area contributed by atoms with Crippen molar-refractivity contribution in [3.05, 3.63) is 65.7 Å². The van der Waals surface area contributed by atoms with Crippen molar-refractivity contribution in [2.45, 2.75) is 26.8 Å². The Hall–Kier alpha value is -3.68. The van der Waals surface area contributed by atoms with Gasteiger partial charge in [-0.15, -0.1) is 0 Å². The number of benzene rings is 1. The van der Waals surface area contributed by atoms with Gasteiger partial charge in [0.05, 0.1) is 17.7 Å². The molecule has 8 nitrogen and oxygen atoms in total. The van der Waals surface area contributed by atoms with Crippen LogP contribution in [0, 0.1) is 0 Å². The molecule has 2 amide bonds. The zero-order valence-electron chi connectivity index (χ0n) is 16.4. The first kappa shape index (κ1) is 20.1. The van der Waals surface area contributed by atoms with Gasteiger partial charge < -0.3 is 15.4 Å². The highest BCUT2D eigenvalue weighted by Gasteiger charge is 2.22. The van der Waals surface area contributed by atoms with Crippen LogP contribution in [0.15, 0.2) is 48.7 Å². The molecule has 0 spiro atoms. The van der Waals surface area contributed by atoms with E-state index in [9.17, 15) is 14.4 Å². The summed E-state index contributed by atoms with van der Waals surface area (Å²) in [7, 11) is 0. The van der Waals surface area contributed by atoms with Crippen LogP contribution in [0.3, 0.4) is 0 Å². The Morgan fingerprint density at radius 1 is 1.07 bits per heavy atom. The second kappa shape index (κ2) is 8.55. The van der Waals surface area contributed by atoms with Crippen molar-refractivity contribution in [1.29, 1.82) is 0 Å². The van der Waals surface area contributed by atoms with Crippen LogP contribution in [0.4, 0.5) is 5.69 Å². The number of nitrogens with zero attached hydrogens (tertiary/aromatic N) is 2. The highest BCUT2D eigenvalue weighted by atomic mass is 16.5. The molecule has 29 heavy (non-hydrogen) atoms. The molecule has 0 bridgehead atoms. The summed E-state index contributed by atoms with van der Waals surface area (Å²) < 4.78 is 6.51. The van der Waals surface area contributed by atoms with Crippen LogP contribution in [0.1, 0.15) is 52.2 Å². The monoisotopic (exact) mass is 394 g/mol. The van der Waals surface area contributed by atoms with E-state index in [4.69, 9.17) is 4.74 Å². The van der Waals surface area contributed by atoms with Crippen molar-refractivity contribution in [2.75, 3.05) is 11.9 Å². The number of amides is 2. The van der Waals surface area contributed by atoms with E-state index in [0.29, 0.717) is 16.8 Å². The quantitative estimate of drug-likeness (QED) is 0.626. The molecule has 3 rings (SSSR count). The maximum absolute atomic E-state index is 12.8. The molecule has 2 N–H and O–H groups in total. The third-order valence-electron chi connectivity index (χ3n) is 4.04. The summed E-state index contributed by atoms with van der Waals surface area (Å²) in [5.41, 5.74) is 1.60. The zero-order chi connectivity index (χ0) is 21.0. The second-order valence-corrected chi connectivity index (χ2v) is 6.62. The molecule has 0 atom stereocenters. The molecule has 0 fully saturated rings. The lowest BCUT2D eigenvalue weighted by atomic mass is 10.2. The predicted molar refractivity (Wildman–Crippen MR) is 108 cm³/mol. The molecule has 0 radical (unpaired) electrons. The summed E-state index contributed by atoms with van der Waals surface area (Å²) in [6.07, 6.45) is 1.67. The summed E-state index contributed by atoms with van der Waals surface area (Å²) in [5.74, 6) is -1.16. The number of aromatic nitrogens is 2. The van der Waals surface area contributed by atoms with Gasteiger partial charge in [-0.3, -0.25) is 14.0 Å². The van der Waals surface area contributed by atoms with Gasteiger partial charge in [-0.1, -0.05) is 6.07 Å². The number of ether oxygens (including phenoxy) is 1. The fourth-order valence-corrected chi connectivity index (χ4v) is 2.79. The smallest absolute Gasteiger partial charge is 0.338 e. The van der Waals surface area contributed by atoms with Crippen molar-refractivity contribution in [1.82, 2.24) is 14.7 Å². The van der Waals surface area contributed by atoms with E-state index in [1.165, 1.54) is 0 Å². The lowest BCUT2D eigenvalue weighted by molar-refractivity contribution is 0.0526. The van der Waals surface area contributed by atoms with Crippen LogP contribution in [0.25, 0.3) is 5.52 Å². The Balaban J connectivity index is 1.86. The SMILES string of the molecule is CCOC(=O)c1ccc(NC(=O)c2nc(C(=O)NC(C)C)c3ccccn23)cc1. The molecule has 0 aliphatic rings. The number of imidazole rings is 1. The van der Waals surface area contributed by atoms with Crippen LogP contribution in [-0.2, 0) is 4.74 Å². The van der Waals surface area contributed by atoms with E-state index >= 15 is 0 Å². The second-order valence-electron chi connectivity index (χ2n) is 6.62. The molecule has 0 unspecified atom stereocenters. The molecule has 2 heterocycles. The normalized spacial score (nSPS) is 10.8. The Morgan fingerprint density at radius 3 is 2.45 bits per heavy atom. The molecule has 3 aromatic rings. The number of hydrogen-bond acceptors (Lipinski definition) is 5. The Bertz CT molecular complexity index is 1050. The Labute approximate surface area is 167 Å². The van der Waals surface area contributed by atoms with Gasteiger partial charge in [0.25, 0.3) is 11.8 Å². The van der Waals surface area contributed by atoms with Crippen molar-refractivity contribution >= 4 is 29.0 Å². The minimum absolute atomic E-state index is 0.0573. The number of esters is 1. The molecular formula is C21H22N4O4. The zero-order valence-corrected chi connectivity index (χ0v) is 16.4. The number of carbonyl (C=O) groups excluding carboxylic acids is 3. The summed E-state index contributed by atoms with van der Waals surface area (Å²) >= 11 is 0. The number of pyridine rings is 1. The third-order valence-corrected chi connectivity index (χ3v) is 4.04. The lowest BCUT2D eigenvalue weighted by Crippen LogP contribution is -2.30. The molecule has 150 valence electrons. The molecule has 0 saturated heterocycles. The van der Waals surface area contributed by atoms with Gasteiger partial charge in [-0.2, -0.15) is 0 Å². The minimum Gasteiger partial charge on any atom is -0.462 e. The van der Waals surface area contributed by atoms with Gasteiger partial charge in [0.1, 0.15) is 0 Å². The molecular weight excluding hydrogens is 372 g/mol. The Morgan fingerprint density at radius 2 is 1.79 bits per heavy atom. The van der Waals surface area contributed by atoms with Gasteiger partial charge in [0.2, 0.25) is 5.82 Å². The lowest BCUT2D eigenvalue weighted by Gasteiger charge is -2.06. The van der Waals surface area contributed by atoms with Crippen LogP contribution < -0.4 is 10.6 Å². The number of fused-ring (bicyclic) bond motifs is 1. The maximum atomic E-state index is 12.8. The van der Waals surface area contributed by atoms with Crippen LogP contribution in [0.2, 0.25) is 0 Å². The number of rotatable bonds is 6. The number of carbonyl (C=O) groups is 3. The van der Waals surface area contributed by atoms with Crippen LogP contribution >= 0.6 is 0 Å². The molecule has 1 aromatic carbocycles. The maximum Gasteiger partial charge on any atom is 0.338 e. The van der Waals surface area contributed by atoms with E-state index in [1.807, 2.05) is 13.8 Å². The molecule has 0 aliphatic heterocycles. The molecule has 8 heteroatoms. The predicted octanol–water partition coefficient (Wildman–Crippen LogP) is 2.90. The van der Waals surface area contributed by atoms with Crippen molar-refractivity contribution in [2.24, 2.45) is 0 Å². The fourth-order valence-electron chi connectivity index (χ4n) is 2.79. The number of nitrogens with one attached hydrogen (secondary N) is 2. The first-order valence-electron chi connectivity index (χ1n) is 9.27. The van der Waals surface area contributed by atoms with Crippen LogP contribution in [0.5, 0.6) is 0 Å². The summed E-state index contributed by atoms with van der Waals surface area (Å²) in [5, 5.41) is 5.53. The van der Waals surface area contributed by atoms with Gasteiger partial charge in [-0.25, -0.2) is 9.78 Å². The number of anilines is 1. The highest BCUT2D eigenvalue weighted by Crippen LogP contribution is 2.16. The minimum atomic E-state index is -0.473. The first-order chi connectivity index (χ1) is 13.9. The molecule has 2 aromatic heterocycles. The fraction of sp³-hybridized carbons (Fsp3) is 0.238. The van der Waals surface area contributed by atoms with Gasteiger partial charge in [0.15, 0.2) is 5.69 Å². The summed E-state index contributed by atoms with van der Waals surface area (Å²) in [6.45, 7) is 5.72. The Kier molecular flexibility index (Phi) is 5.92. The van der Waals surface area contributed by atoms with E-state index < -0.39 is 11.9 Å². The van der Waals surface area contributed by atoms with E-state index in [2.05, 4.69) is 15.6 Å². The average Bonchev–Trinajstić information content (AvgIpc) is 3.08. The van der Waals surface area contributed by atoms with Gasteiger partial charge in [0, 0.05) is 17.9 Å². The first-order valence-corrected chi connectivity index (χ1v) is 9.27. The summed E-state index contributed by atoms with van der Waals surface area (Å²) in [4.78, 5) is 41.2. The van der Waals surface area contributed by atoms with E-state index in [-0.39, 0.29) is 30.1 Å². The largest absolute Gasteiger partial charge is 0.462 e. The van der Waals surface area contributed by atoms with Crippen LogP contribution in [-0.4, -0.2) is 39.8 Å². The topological polar surface area (TPSA) is 102 Å². The third kappa shape index (κ3) is 4.43. The van der Waals surface area contributed by atoms with Crippen molar-refractivity contribution in [3.8, 4) is 0 Å². The highest BCUT2D eigenvalue weighted by molar-refractivity contribution is 6.06. The number of hydrogen-bond donors (Lipinski definition) is 2. The van der Waals surface area contributed by atoms with E-state index in [0.717, 1.165) is 0 Å². The van der Waals surface area contributed by atoms with Gasteiger partial charge in [-0.05, 0) is 57.2 Å². The summed E-state index contributed by atoms with van der Waals surface area (Å²) in [6, 6.07) is 11.5. The van der Waals surface area contributed by atoms with Gasteiger partial charge >= 0.3 is 5.97 Å². The molecule has 0 saturated carbocycles. The van der Waals surface area contributed by atoms with Crippen molar-refractivity contribution < 1.29 is 19.1 Å². The standard InChI is InChI=1S/C21H22N4O4/c1-4-29-21(28)14-8-10-15(11-9-14)23-20(27)18-24-17(19(26)22-13(2)3)16-7-5-6-12-25(16)18/h5-13H,4H2,1-3H3,(H,22,26)(H,23,27). The molecule has 0 aliphatic carbocycles. The van der Waals surface area contributed by atoms with Crippen molar-refractivity contribution in [3.63, 3.8) is 0 Å².